The standard InChI is InChI=1S/C72H106N14O16/c1-51(87)80-60(33-11-13-41-74-69(99)49-63-82-86(50-84(63)2)54-22-8-5-9-23-54)61(93)34-18-31-58(91)29-16-27-56(89)25-14-24-55(88)26-15-28-57(90)30-17-32-59(92)47-53(21-10-12-40-73-68(98)48-62-81-71(83-85(62)3)52-19-6-4-7-20-52)72(102)79-45-38-67(97)77-43-36-65(95)75-42-35-64(94)76-44-37-66(96)78-46-39-70(100)101/h4-9,19-20,22-23,53,60,71,83H,10-18,21,24-50H2,1-3H3,(H,73,98)(H,74,99)(H,75,95)(H,76,94)(H,77,97)(H,78,96)(H,79,102)(H,80,87)(H,100,101). The number of aliphatic carboxylic acids is 1. The number of hydrogen-bond donors (Lipinski definition) is 10. The number of nitrogens with zero attached hydrogens (tertiary/aromatic N) is 5. The van der Waals surface area contributed by atoms with Crippen molar-refractivity contribution in [3.8, 4) is 0 Å². The van der Waals surface area contributed by atoms with Gasteiger partial charge >= 0.3 is 5.97 Å². The van der Waals surface area contributed by atoms with Crippen molar-refractivity contribution in [2.24, 2.45) is 16.0 Å². The minimum atomic E-state index is -1.05. The molecule has 4 rings (SSSR count). The van der Waals surface area contributed by atoms with E-state index in [0.717, 1.165) is 11.3 Å². The number of amides is 8. The van der Waals surface area contributed by atoms with E-state index in [9.17, 15) is 71.9 Å². The Morgan fingerprint density at radius 1 is 0.461 bits per heavy atom. The maximum Gasteiger partial charge on any atom is 0.305 e. The second-order valence-electron chi connectivity index (χ2n) is 25.6. The minimum absolute atomic E-state index is 0.00867. The molecule has 2 aliphatic heterocycles. The summed E-state index contributed by atoms with van der Waals surface area (Å²) in [6.45, 7) is 2.51. The smallest absolute Gasteiger partial charge is 0.305 e. The average Bonchev–Trinajstić information content (AvgIpc) is 1.70. The molecule has 3 atom stereocenters. The van der Waals surface area contributed by atoms with Crippen LogP contribution in [-0.4, -0.2) is 187 Å². The number of nitrogens with one attached hydrogen (secondary N) is 9. The summed E-state index contributed by atoms with van der Waals surface area (Å²) in [7, 11) is 3.66. The lowest BCUT2D eigenvalue weighted by molar-refractivity contribution is -0.137. The number of para-hydroxylation sites is 1. The first-order valence-electron chi connectivity index (χ1n) is 35.6. The summed E-state index contributed by atoms with van der Waals surface area (Å²) in [4.78, 5) is 194. The Labute approximate surface area is 597 Å². The molecule has 8 amide bonds. The van der Waals surface area contributed by atoms with Crippen LogP contribution in [0.2, 0.25) is 0 Å². The van der Waals surface area contributed by atoms with E-state index in [2.05, 4.69) is 58.1 Å². The molecule has 2 aliphatic rings. The number of hydrazine groups is 1. The highest BCUT2D eigenvalue weighted by Gasteiger charge is 2.27. The Morgan fingerprint density at radius 2 is 0.873 bits per heavy atom. The summed E-state index contributed by atoms with van der Waals surface area (Å²) in [5, 5.41) is 38.1. The molecule has 0 radical (unpaired) electrons. The number of benzene rings is 2. The van der Waals surface area contributed by atoms with Gasteiger partial charge in [-0.2, -0.15) is 5.10 Å². The third-order valence-electron chi connectivity index (χ3n) is 16.8. The Morgan fingerprint density at radius 3 is 1.34 bits per heavy atom. The molecule has 30 heteroatoms. The van der Waals surface area contributed by atoms with Crippen molar-refractivity contribution in [1.82, 2.24) is 57.9 Å². The van der Waals surface area contributed by atoms with Gasteiger partial charge in [0, 0.05) is 169 Å². The van der Waals surface area contributed by atoms with Crippen LogP contribution in [0.4, 0.5) is 5.69 Å². The molecule has 0 saturated carbocycles. The number of aliphatic imine (C=N–C) groups is 1. The number of carboxylic acids is 1. The molecule has 0 aliphatic carbocycles. The Balaban J connectivity index is 1.06. The fourth-order valence-corrected chi connectivity index (χ4v) is 11.1. The molecular weight excluding hydrogens is 1320 g/mol. The predicted octanol–water partition coefficient (Wildman–Crippen LogP) is 4.00. The number of Topliss-reactive ketones (excluding diaryl/α,β-unsaturated/α-hetero) is 6. The van der Waals surface area contributed by atoms with Gasteiger partial charge in [-0.15, -0.1) is 0 Å². The van der Waals surface area contributed by atoms with Gasteiger partial charge < -0.3 is 52.5 Å². The van der Waals surface area contributed by atoms with E-state index in [0.29, 0.717) is 95.6 Å². The summed E-state index contributed by atoms with van der Waals surface area (Å²) in [5.74, 6) is -4.25. The van der Waals surface area contributed by atoms with Crippen LogP contribution in [0.5, 0.6) is 0 Å². The van der Waals surface area contributed by atoms with Crippen molar-refractivity contribution >= 4 is 105 Å². The van der Waals surface area contributed by atoms with Crippen LogP contribution in [0.3, 0.4) is 0 Å². The van der Waals surface area contributed by atoms with Gasteiger partial charge in [-0.25, -0.2) is 15.4 Å². The molecule has 2 aromatic carbocycles. The van der Waals surface area contributed by atoms with E-state index < -0.39 is 47.5 Å². The van der Waals surface area contributed by atoms with Crippen LogP contribution in [0.1, 0.15) is 205 Å². The number of anilines is 1. The molecule has 0 spiro atoms. The average molecular weight is 1420 g/mol. The number of rotatable bonds is 56. The molecule has 2 aromatic rings. The lowest BCUT2D eigenvalue weighted by Crippen LogP contribution is -2.39. The van der Waals surface area contributed by atoms with Crippen molar-refractivity contribution < 1.29 is 77.0 Å². The Hall–Kier alpha value is -9.61. The number of amidine groups is 2. The van der Waals surface area contributed by atoms with Crippen molar-refractivity contribution in [2.45, 2.75) is 205 Å². The molecule has 30 nitrogen and oxygen atoms in total. The zero-order chi connectivity index (χ0) is 74.4. The van der Waals surface area contributed by atoms with Gasteiger partial charge in [0.2, 0.25) is 47.3 Å². The van der Waals surface area contributed by atoms with Crippen molar-refractivity contribution in [3.63, 3.8) is 0 Å². The number of carbonyl (C=O) groups is 15. The first-order valence-corrected chi connectivity index (χ1v) is 35.6. The molecule has 102 heavy (non-hydrogen) atoms. The maximum absolute atomic E-state index is 13.5. The fraction of sp³-hybridized carbons (Fsp3) is 0.597. The van der Waals surface area contributed by atoms with E-state index in [-0.39, 0.29) is 213 Å². The van der Waals surface area contributed by atoms with Crippen LogP contribution in [0.15, 0.2) is 70.8 Å². The van der Waals surface area contributed by atoms with Crippen LogP contribution >= 0.6 is 0 Å². The largest absolute Gasteiger partial charge is 0.481 e. The molecule has 2 heterocycles. The Kier molecular flexibility index (Phi) is 40.8. The van der Waals surface area contributed by atoms with Gasteiger partial charge in [0.15, 0.2) is 5.78 Å². The summed E-state index contributed by atoms with van der Waals surface area (Å²) in [6, 6.07) is 18.6. The third-order valence-corrected chi connectivity index (χ3v) is 16.8. The minimum Gasteiger partial charge on any atom is -0.481 e. The summed E-state index contributed by atoms with van der Waals surface area (Å²) < 4.78 is 0. The van der Waals surface area contributed by atoms with E-state index in [1.54, 1.807) is 12.1 Å². The number of ketones is 6. The first kappa shape index (κ1) is 84.8. The summed E-state index contributed by atoms with van der Waals surface area (Å²) in [6.07, 6.45) is 4.96. The van der Waals surface area contributed by atoms with Crippen LogP contribution in [0.25, 0.3) is 0 Å². The topological polar surface area (TPSA) is 419 Å². The molecular formula is C72H106N14O16. The van der Waals surface area contributed by atoms with Crippen molar-refractivity contribution in [1.29, 1.82) is 0 Å². The van der Waals surface area contributed by atoms with Crippen molar-refractivity contribution in [2.75, 3.05) is 71.6 Å². The molecule has 560 valence electrons. The second-order valence-corrected chi connectivity index (χ2v) is 25.6. The van der Waals surface area contributed by atoms with Crippen molar-refractivity contribution in [3.05, 3.63) is 66.2 Å². The van der Waals surface area contributed by atoms with Gasteiger partial charge in [-0.05, 0) is 81.9 Å². The van der Waals surface area contributed by atoms with Crippen LogP contribution in [-0.2, 0) is 71.9 Å². The quantitative estimate of drug-likeness (QED) is 0.0418. The van der Waals surface area contributed by atoms with Gasteiger partial charge in [-0.3, -0.25) is 76.9 Å². The molecule has 10 N–H and O–H groups in total. The summed E-state index contributed by atoms with van der Waals surface area (Å²) in [5.41, 5.74) is 5.10. The number of carboxylic acid groups (broad SMARTS) is 1. The molecule has 3 unspecified atom stereocenters. The molecule has 0 bridgehead atoms. The highest BCUT2D eigenvalue weighted by atomic mass is 16.4. The fourth-order valence-electron chi connectivity index (χ4n) is 11.1. The molecule has 0 fully saturated rings. The maximum atomic E-state index is 13.5. The van der Waals surface area contributed by atoms with E-state index in [4.69, 9.17) is 5.11 Å². The SMILES string of the molecule is CC(=O)NC(CCCCNC(=O)CC1=NN(c2ccccc2)CN1C)C(=O)CCCC(=O)CCCC(=O)CCCC(=O)CCCC(=O)CCCC(=O)CC(CCCCNC(=O)CC1=NC(c2ccccc2)NN1C)C(=O)NCCC(=O)NCCC(=O)NCCC(=O)NCCC(=O)NCCC(=O)O. The van der Waals surface area contributed by atoms with Gasteiger partial charge in [0.1, 0.15) is 53.4 Å². The lowest BCUT2D eigenvalue weighted by Gasteiger charge is -2.17. The Bertz CT molecular complexity index is 3180. The number of unbranched alkanes of at least 4 members (excludes halogenated alkanes) is 2. The predicted molar refractivity (Wildman–Crippen MR) is 380 cm³/mol. The third kappa shape index (κ3) is 37.7. The first-order chi connectivity index (χ1) is 48.9. The number of hydrazone groups is 1. The van der Waals surface area contributed by atoms with Crippen LogP contribution < -0.4 is 53.0 Å². The van der Waals surface area contributed by atoms with Gasteiger partial charge in [-0.1, -0.05) is 55.0 Å². The highest BCUT2D eigenvalue weighted by molar-refractivity contribution is 6.01. The van der Waals surface area contributed by atoms with Gasteiger partial charge in [0.25, 0.3) is 0 Å². The van der Waals surface area contributed by atoms with Gasteiger partial charge in [0.05, 0.1) is 31.0 Å². The summed E-state index contributed by atoms with van der Waals surface area (Å²) >= 11 is 0. The molecule has 0 saturated heterocycles. The normalized spacial score (nSPS) is 13.7. The van der Waals surface area contributed by atoms with E-state index in [1.165, 1.54) is 6.92 Å². The zero-order valence-corrected chi connectivity index (χ0v) is 59.5. The zero-order valence-electron chi connectivity index (χ0n) is 59.5. The molecule has 0 aromatic heterocycles. The number of hydrogen-bond acceptors (Lipinski definition) is 21. The number of carbonyl (C=O) groups excluding carboxylic acids is 14. The van der Waals surface area contributed by atoms with E-state index in [1.807, 2.05) is 77.6 Å². The second kappa shape index (κ2) is 49.0. The highest BCUT2D eigenvalue weighted by Crippen LogP contribution is 2.23. The van der Waals surface area contributed by atoms with Crippen LogP contribution in [0, 0.1) is 5.92 Å². The monoisotopic (exact) mass is 1420 g/mol. The van der Waals surface area contributed by atoms with E-state index >= 15 is 0 Å². The lowest BCUT2D eigenvalue weighted by atomic mass is 9.93.